The second-order valence-electron chi connectivity index (χ2n) is 6.75. The van der Waals surface area contributed by atoms with E-state index in [1.54, 1.807) is 0 Å². The van der Waals surface area contributed by atoms with Crippen molar-refractivity contribution >= 4 is 12.4 Å². The summed E-state index contributed by atoms with van der Waals surface area (Å²) in [6.07, 6.45) is 1.12. The fraction of sp³-hybridized carbons (Fsp3) is 0.526. The van der Waals surface area contributed by atoms with Gasteiger partial charge in [-0.15, -0.1) is 12.4 Å². The van der Waals surface area contributed by atoms with Crippen LogP contribution in [0.4, 0.5) is 0 Å². The van der Waals surface area contributed by atoms with E-state index in [4.69, 9.17) is 10.8 Å². The van der Waals surface area contributed by atoms with Crippen LogP contribution in [-0.4, -0.2) is 33.8 Å². The molecule has 2 aromatic rings. The van der Waals surface area contributed by atoms with Crippen LogP contribution in [0, 0.1) is 13.8 Å². The highest BCUT2D eigenvalue weighted by Crippen LogP contribution is 2.28. The Balaban J connectivity index is 0.00000208. The number of nitrogens with zero attached hydrogens (tertiary/aromatic N) is 3. The van der Waals surface area contributed by atoms with Crippen molar-refractivity contribution in [2.24, 2.45) is 5.73 Å². The predicted octanol–water partition coefficient (Wildman–Crippen LogP) is 3.26. The van der Waals surface area contributed by atoms with Crippen molar-refractivity contribution in [3.05, 3.63) is 52.8 Å². The Morgan fingerprint density at radius 2 is 1.88 bits per heavy atom. The molecule has 1 fully saturated rings. The van der Waals surface area contributed by atoms with E-state index in [-0.39, 0.29) is 18.4 Å². The van der Waals surface area contributed by atoms with Gasteiger partial charge in [0.15, 0.2) is 0 Å². The van der Waals surface area contributed by atoms with Gasteiger partial charge < -0.3 is 5.73 Å². The Hall–Kier alpha value is -1.36. The number of hydrogen-bond acceptors (Lipinski definition) is 3. The van der Waals surface area contributed by atoms with Crippen LogP contribution < -0.4 is 5.73 Å². The molecule has 1 aliphatic heterocycles. The minimum absolute atomic E-state index is 0. The molecule has 2 heterocycles. The summed E-state index contributed by atoms with van der Waals surface area (Å²) in [5.74, 6) is 0.433. The second-order valence-corrected chi connectivity index (χ2v) is 6.75. The first kappa shape index (κ1) is 19.0. The number of benzene rings is 1. The minimum atomic E-state index is 0. The Morgan fingerprint density at radius 1 is 1.17 bits per heavy atom. The number of likely N-dealkylation sites (tertiary alicyclic amines) is 1. The molecule has 2 N–H and O–H groups in total. The van der Waals surface area contributed by atoms with E-state index in [0.29, 0.717) is 5.92 Å². The molecule has 0 amide bonds. The third kappa shape index (κ3) is 3.82. The lowest BCUT2D eigenvalue weighted by atomic mass is 9.95. The van der Waals surface area contributed by atoms with Gasteiger partial charge in [-0.05, 0) is 25.8 Å². The molecule has 0 saturated carbocycles. The Labute approximate surface area is 151 Å². The van der Waals surface area contributed by atoms with Gasteiger partial charge in [0.05, 0.1) is 5.69 Å². The van der Waals surface area contributed by atoms with Crippen LogP contribution in [-0.2, 0) is 13.1 Å². The van der Waals surface area contributed by atoms with E-state index in [2.05, 4.69) is 60.7 Å². The van der Waals surface area contributed by atoms with Crippen molar-refractivity contribution in [2.75, 3.05) is 13.1 Å². The fourth-order valence-electron chi connectivity index (χ4n) is 3.71. The highest BCUT2D eigenvalue weighted by Gasteiger charge is 2.31. The van der Waals surface area contributed by atoms with E-state index in [1.165, 1.54) is 16.8 Å². The van der Waals surface area contributed by atoms with E-state index >= 15 is 0 Å². The molecule has 24 heavy (non-hydrogen) atoms. The number of nitrogens with two attached hydrogens (primary N) is 1. The zero-order valence-corrected chi connectivity index (χ0v) is 15.7. The monoisotopic (exact) mass is 348 g/mol. The average Bonchev–Trinajstić information content (AvgIpc) is 3.04. The van der Waals surface area contributed by atoms with E-state index in [1.807, 2.05) is 0 Å². The van der Waals surface area contributed by atoms with E-state index < -0.39 is 0 Å². The Bertz CT molecular complexity index is 653. The number of rotatable bonds is 5. The maximum absolute atomic E-state index is 6.42. The zero-order chi connectivity index (χ0) is 16.4. The van der Waals surface area contributed by atoms with Crippen molar-refractivity contribution in [1.29, 1.82) is 0 Å². The van der Waals surface area contributed by atoms with Crippen LogP contribution in [0.5, 0.6) is 0 Å². The summed E-state index contributed by atoms with van der Waals surface area (Å²) >= 11 is 0. The van der Waals surface area contributed by atoms with Gasteiger partial charge in [0.25, 0.3) is 0 Å². The lowest BCUT2D eigenvalue weighted by Crippen LogP contribution is -2.28. The Kier molecular flexibility index (Phi) is 6.44. The highest BCUT2D eigenvalue weighted by atomic mass is 35.5. The summed E-state index contributed by atoms with van der Waals surface area (Å²) in [4.78, 5) is 2.48. The summed E-state index contributed by atoms with van der Waals surface area (Å²) in [6, 6.07) is 10.9. The summed E-state index contributed by atoms with van der Waals surface area (Å²) in [5.41, 5.74) is 11.6. The van der Waals surface area contributed by atoms with Crippen molar-refractivity contribution < 1.29 is 0 Å². The summed E-state index contributed by atoms with van der Waals surface area (Å²) in [5, 5.41) is 4.70. The van der Waals surface area contributed by atoms with Crippen LogP contribution in [0.3, 0.4) is 0 Å². The van der Waals surface area contributed by atoms with Crippen molar-refractivity contribution in [2.45, 2.75) is 52.2 Å². The molecule has 1 saturated heterocycles. The molecule has 1 aromatic heterocycles. The SMILES string of the molecule is CCCn1nc(C)c(CN2C[C@@H](N)[C@H](c3ccccc3)C2)c1C.Cl. The smallest absolute Gasteiger partial charge is 0.0641 e. The van der Waals surface area contributed by atoms with Crippen molar-refractivity contribution in [3.63, 3.8) is 0 Å². The number of halogens is 1. The molecule has 5 heteroatoms. The van der Waals surface area contributed by atoms with E-state index in [9.17, 15) is 0 Å². The van der Waals surface area contributed by atoms with Gasteiger partial charge in [0.1, 0.15) is 0 Å². The molecule has 3 rings (SSSR count). The van der Waals surface area contributed by atoms with Crippen molar-refractivity contribution in [1.82, 2.24) is 14.7 Å². The molecule has 0 spiro atoms. The third-order valence-corrected chi connectivity index (χ3v) is 5.02. The molecule has 4 nitrogen and oxygen atoms in total. The first-order valence-electron chi connectivity index (χ1n) is 8.66. The third-order valence-electron chi connectivity index (χ3n) is 5.02. The van der Waals surface area contributed by atoms with Gasteiger partial charge in [-0.2, -0.15) is 5.10 Å². The summed E-state index contributed by atoms with van der Waals surface area (Å²) in [7, 11) is 0. The predicted molar refractivity (Wildman–Crippen MR) is 102 cm³/mol. The average molecular weight is 349 g/mol. The maximum Gasteiger partial charge on any atom is 0.0641 e. The van der Waals surface area contributed by atoms with Gasteiger partial charge in [0.2, 0.25) is 0 Å². The van der Waals surface area contributed by atoms with E-state index in [0.717, 1.165) is 38.3 Å². The first-order chi connectivity index (χ1) is 11.1. The standard InChI is InChI=1S/C19H28N4.ClH/c1-4-10-23-15(3)17(14(2)21-23)11-22-12-18(19(20)13-22)16-8-6-5-7-9-16;/h5-9,18-19H,4,10-13,20H2,1-3H3;1H/t18-,19+;/m0./s1. The van der Waals surface area contributed by atoms with Crippen LogP contribution in [0.1, 0.15) is 41.8 Å². The zero-order valence-electron chi connectivity index (χ0n) is 14.9. The van der Waals surface area contributed by atoms with Gasteiger partial charge in [-0.1, -0.05) is 37.3 Å². The molecular weight excluding hydrogens is 320 g/mol. The quantitative estimate of drug-likeness (QED) is 0.902. The van der Waals surface area contributed by atoms with Crippen LogP contribution in [0.15, 0.2) is 30.3 Å². The summed E-state index contributed by atoms with van der Waals surface area (Å²) < 4.78 is 2.15. The van der Waals surface area contributed by atoms with Crippen LogP contribution in [0.2, 0.25) is 0 Å². The highest BCUT2D eigenvalue weighted by molar-refractivity contribution is 5.85. The molecule has 0 unspecified atom stereocenters. The second kappa shape index (κ2) is 8.15. The van der Waals surface area contributed by atoms with Gasteiger partial charge >= 0.3 is 0 Å². The van der Waals surface area contributed by atoms with Crippen LogP contribution >= 0.6 is 12.4 Å². The fourth-order valence-corrected chi connectivity index (χ4v) is 3.71. The normalized spacial score (nSPS) is 21.0. The molecule has 2 atom stereocenters. The molecule has 0 bridgehead atoms. The van der Waals surface area contributed by atoms with Gasteiger partial charge in [-0.3, -0.25) is 9.58 Å². The first-order valence-corrected chi connectivity index (χ1v) is 8.66. The minimum Gasteiger partial charge on any atom is -0.326 e. The lowest BCUT2D eigenvalue weighted by molar-refractivity contribution is 0.322. The van der Waals surface area contributed by atoms with Gasteiger partial charge in [0, 0.05) is 49.4 Å². The molecular formula is C19H29ClN4. The Morgan fingerprint density at radius 3 is 2.54 bits per heavy atom. The number of aryl methyl sites for hydroxylation is 2. The topological polar surface area (TPSA) is 47.1 Å². The molecule has 1 aromatic carbocycles. The molecule has 0 aliphatic carbocycles. The lowest BCUT2D eigenvalue weighted by Gasteiger charge is -2.16. The molecule has 0 radical (unpaired) electrons. The maximum atomic E-state index is 6.42. The van der Waals surface area contributed by atoms with Crippen molar-refractivity contribution in [3.8, 4) is 0 Å². The van der Waals surface area contributed by atoms with Gasteiger partial charge in [-0.25, -0.2) is 0 Å². The number of aromatic nitrogens is 2. The largest absolute Gasteiger partial charge is 0.326 e. The van der Waals surface area contributed by atoms with Crippen LogP contribution in [0.25, 0.3) is 0 Å². The molecule has 132 valence electrons. The summed E-state index contributed by atoms with van der Waals surface area (Å²) in [6.45, 7) is 10.5. The molecule has 1 aliphatic rings. The number of hydrogen-bond donors (Lipinski definition) is 1.